The molecule has 1 aliphatic heterocycles. The summed E-state index contributed by atoms with van der Waals surface area (Å²) in [6.07, 6.45) is 8.37. The van der Waals surface area contributed by atoms with Gasteiger partial charge in [0.05, 0.1) is 0 Å². The summed E-state index contributed by atoms with van der Waals surface area (Å²) >= 11 is 0. The second-order valence-corrected chi connectivity index (χ2v) is 5.18. The second-order valence-electron chi connectivity index (χ2n) is 5.18. The van der Waals surface area contributed by atoms with Crippen molar-refractivity contribution >= 4 is 0 Å². The molecule has 1 atom stereocenters. The van der Waals surface area contributed by atoms with Crippen LogP contribution in [0.4, 0.5) is 0 Å². The number of rotatable bonds is 7. The van der Waals surface area contributed by atoms with Gasteiger partial charge in [0, 0.05) is 13.1 Å². The van der Waals surface area contributed by atoms with Crippen molar-refractivity contribution in [1.82, 2.24) is 10.2 Å². The molecule has 0 saturated carbocycles. The molecule has 1 N–H and O–H groups in total. The van der Waals surface area contributed by atoms with Gasteiger partial charge in [-0.25, -0.2) is 0 Å². The van der Waals surface area contributed by atoms with Gasteiger partial charge in [0.1, 0.15) is 0 Å². The van der Waals surface area contributed by atoms with Gasteiger partial charge in [-0.05, 0) is 51.2 Å². The lowest BCUT2D eigenvalue weighted by molar-refractivity contribution is 0.279. The van der Waals surface area contributed by atoms with E-state index < -0.39 is 0 Å². The minimum atomic E-state index is 1.01. The number of hydrogen-bond donors (Lipinski definition) is 1. The molecule has 0 aromatic rings. The molecule has 1 fully saturated rings. The molecule has 0 aromatic carbocycles. The van der Waals surface area contributed by atoms with Crippen molar-refractivity contribution in [3.05, 3.63) is 0 Å². The Bertz CT molecular complexity index is 159. The maximum absolute atomic E-state index is 3.50. The molecule has 0 spiro atoms. The normalized spacial score (nSPS) is 23.2. The molecule has 1 saturated heterocycles. The Morgan fingerprint density at radius 2 is 1.94 bits per heavy atom. The minimum absolute atomic E-state index is 1.01. The Labute approximate surface area is 102 Å². The first kappa shape index (κ1) is 14.0. The first-order chi connectivity index (χ1) is 7.86. The third kappa shape index (κ3) is 5.86. The summed E-state index contributed by atoms with van der Waals surface area (Å²) in [6.45, 7) is 10.8. The van der Waals surface area contributed by atoms with E-state index in [0.29, 0.717) is 0 Å². The summed E-state index contributed by atoms with van der Waals surface area (Å²) in [5, 5.41) is 3.50. The van der Waals surface area contributed by atoms with Gasteiger partial charge in [0.15, 0.2) is 0 Å². The first-order valence-corrected chi connectivity index (χ1v) is 7.29. The fraction of sp³-hybridized carbons (Fsp3) is 1.00. The molecule has 2 heteroatoms. The summed E-state index contributed by atoms with van der Waals surface area (Å²) in [5.41, 5.74) is 0. The second kappa shape index (κ2) is 9.00. The summed E-state index contributed by atoms with van der Waals surface area (Å²) in [7, 11) is 0. The maximum Gasteiger partial charge on any atom is 0.0107 e. The van der Waals surface area contributed by atoms with Crippen LogP contribution in [-0.2, 0) is 0 Å². The molecule has 0 amide bonds. The van der Waals surface area contributed by atoms with Crippen LogP contribution in [0.15, 0.2) is 0 Å². The Balaban J connectivity index is 2.10. The largest absolute Gasteiger partial charge is 0.315 e. The monoisotopic (exact) mass is 226 g/mol. The predicted octanol–water partition coefficient (Wildman–Crippen LogP) is 2.89. The lowest BCUT2D eigenvalue weighted by Crippen LogP contribution is -2.33. The zero-order chi connectivity index (χ0) is 11.6. The van der Waals surface area contributed by atoms with E-state index in [2.05, 4.69) is 24.1 Å². The average molecular weight is 226 g/mol. The van der Waals surface area contributed by atoms with Crippen LogP contribution in [0.3, 0.4) is 0 Å². The quantitative estimate of drug-likeness (QED) is 0.672. The van der Waals surface area contributed by atoms with Crippen LogP contribution in [0.5, 0.6) is 0 Å². The van der Waals surface area contributed by atoms with Gasteiger partial charge in [0.25, 0.3) is 0 Å². The lowest BCUT2D eigenvalue weighted by Gasteiger charge is -2.20. The Morgan fingerprint density at radius 1 is 1.06 bits per heavy atom. The molecule has 2 nitrogen and oxygen atoms in total. The van der Waals surface area contributed by atoms with Crippen LogP contribution in [0.1, 0.15) is 52.4 Å². The molecule has 1 unspecified atom stereocenters. The van der Waals surface area contributed by atoms with Crippen LogP contribution in [0.25, 0.3) is 0 Å². The highest BCUT2D eigenvalue weighted by Crippen LogP contribution is 2.21. The topological polar surface area (TPSA) is 15.3 Å². The van der Waals surface area contributed by atoms with Gasteiger partial charge in [-0.1, -0.05) is 26.7 Å². The smallest absolute Gasteiger partial charge is 0.0107 e. The molecule has 1 aliphatic rings. The molecule has 16 heavy (non-hydrogen) atoms. The van der Waals surface area contributed by atoms with Crippen molar-refractivity contribution in [1.29, 1.82) is 0 Å². The minimum Gasteiger partial charge on any atom is -0.315 e. The molecule has 96 valence electrons. The third-order valence-corrected chi connectivity index (χ3v) is 3.67. The highest BCUT2D eigenvalue weighted by atomic mass is 15.1. The molecule has 0 aromatic heterocycles. The Hall–Kier alpha value is -0.0800. The zero-order valence-electron chi connectivity index (χ0n) is 11.3. The maximum atomic E-state index is 3.50. The average Bonchev–Trinajstić information content (AvgIpc) is 2.51. The molecule has 1 heterocycles. The number of likely N-dealkylation sites (tertiary alicyclic amines) is 1. The standard InChI is InChI=1S/C14H30N2/c1-3-6-14-7-5-11-16(12-8-14)13-10-15-9-4-2/h14-15H,3-13H2,1-2H3. The van der Waals surface area contributed by atoms with E-state index in [1.165, 1.54) is 71.2 Å². The zero-order valence-corrected chi connectivity index (χ0v) is 11.3. The highest BCUT2D eigenvalue weighted by Gasteiger charge is 2.15. The van der Waals surface area contributed by atoms with Crippen LogP contribution in [-0.4, -0.2) is 37.6 Å². The third-order valence-electron chi connectivity index (χ3n) is 3.67. The van der Waals surface area contributed by atoms with E-state index in [4.69, 9.17) is 0 Å². The highest BCUT2D eigenvalue weighted by molar-refractivity contribution is 4.70. The Morgan fingerprint density at radius 3 is 2.69 bits per heavy atom. The molecular weight excluding hydrogens is 196 g/mol. The van der Waals surface area contributed by atoms with Crippen LogP contribution < -0.4 is 5.32 Å². The van der Waals surface area contributed by atoms with Gasteiger partial charge in [-0.15, -0.1) is 0 Å². The van der Waals surface area contributed by atoms with Crippen molar-refractivity contribution in [2.24, 2.45) is 5.92 Å². The van der Waals surface area contributed by atoms with Gasteiger partial charge in [-0.3, -0.25) is 0 Å². The van der Waals surface area contributed by atoms with Gasteiger partial charge in [-0.2, -0.15) is 0 Å². The molecule has 0 bridgehead atoms. The number of nitrogens with zero attached hydrogens (tertiary/aromatic N) is 1. The Kier molecular flexibility index (Phi) is 7.87. The first-order valence-electron chi connectivity index (χ1n) is 7.29. The van der Waals surface area contributed by atoms with E-state index in [1.807, 2.05) is 0 Å². The van der Waals surface area contributed by atoms with E-state index in [-0.39, 0.29) is 0 Å². The van der Waals surface area contributed by atoms with Gasteiger partial charge < -0.3 is 10.2 Å². The summed E-state index contributed by atoms with van der Waals surface area (Å²) in [6, 6.07) is 0. The lowest BCUT2D eigenvalue weighted by atomic mass is 9.96. The SMILES string of the molecule is CCCNCCN1CCCC(CCC)CC1. The summed E-state index contributed by atoms with van der Waals surface area (Å²) < 4.78 is 0. The molecule has 0 aliphatic carbocycles. The molecular formula is C14H30N2. The number of hydrogen-bond acceptors (Lipinski definition) is 2. The van der Waals surface area contributed by atoms with Crippen molar-refractivity contribution < 1.29 is 0 Å². The van der Waals surface area contributed by atoms with Crippen molar-refractivity contribution in [2.75, 3.05) is 32.7 Å². The fourth-order valence-corrected chi connectivity index (χ4v) is 2.68. The molecule has 0 radical (unpaired) electrons. The fourth-order valence-electron chi connectivity index (χ4n) is 2.68. The van der Waals surface area contributed by atoms with Gasteiger partial charge >= 0.3 is 0 Å². The van der Waals surface area contributed by atoms with Gasteiger partial charge in [0.2, 0.25) is 0 Å². The van der Waals surface area contributed by atoms with Crippen molar-refractivity contribution in [3.8, 4) is 0 Å². The summed E-state index contributed by atoms with van der Waals surface area (Å²) in [4.78, 5) is 2.65. The van der Waals surface area contributed by atoms with Crippen molar-refractivity contribution in [2.45, 2.75) is 52.4 Å². The molecule has 1 rings (SSSR count). The van der Waals surface area contributed by atoms with Crippen LogP contribution in [0.2, 0.25) is 0 Å². The van der Waals surface area contributed by atoms with E-state index in [1.54, 1.807) is 0 Å². The van der Waals surface area contributed by atoms with E-state index in [0.717, 1.165) is 5.92 Å². The van der Waals surface area contributed by atoms with E-state index in [9.17, 15) is 0 Å². The predicted molar refractivity (Wildman–Crippen MR) is 71.8 cm³/mol. The van der Waals surface area contributed by atoms with E-state index >= 15 is 0 Å². The van der Waals surface area contributed by atoms with Crippen molar-refractivity contribution in [3.63, 3.8) is 0 Å². The van der Waals surface area contributed by atoms with Crippen LogP contribution in [0, 0.1) is 5.92 Å². The van der Waals surface area contributed by atoms with Crippen LogP contribution >= 0.6 is 0 Å². The number of nitrogens with one attached hydrogen (secondary N) is 1. The summed E-state index contributed by atoms with van der Waals surface area (Å²) in [5.74, 6) is 1.01.